The highest BCUT2D eigenvalue weighted by Crippen LogP contribution is 2.38. The zero-order valence-corrected chi connectivity index (χ0v) is 20.1. The molecule has 168 valence electrons. The number of benzene rings is 1. The van der Waals surface area contributed by atoms with Crippen molar-refractivity contribution < 1.29 is 14.3 Å². The summed E-state index contributed by atoms with van der Waals surface area (Å²) < 4.78 is 6.99. The molecular formula is C23H26N4O3S2. The third kappa shape index (κ3) is 4.59. The number of ether oxygens (including phenoxy) is 1. The zero-order valence-electron chi connectivity index (χ0n) is 18.4. The van der Waals surface area contributed by atoms with Crippen molar-refractivity contribution in [3.63, 3.8) is 0 Å². The first-order valence-electron chi connectivity index (χ1n) is 10.7. The summed E-state index contributed by atoms with van der Waals surface area (Å²) in [5.74, 6) is 0.395. The van der Waals surface area contributed by atoms with Gasteiger partial charge in [-0.3, -0.25) is 4.79 Å². The number of rotatable bonds is 7. The second-order valence-electron chi connectivity index (χ2n) is 7.66. The van der Waals surface area contributed by atoms with Crippen molar-refractivity contribution in [3.05, 3.63) is 45.8 Å². The molecule has 0 fully saturated rings. The SMILES string of the molecule is CCn1c(SCC(=O)Nc2sc3c(c2C(=O)OC)CCCC3)nnc1-c1ccc(C)cc1. The number of thiophene rings is 1. The molecule has 1 amide bonds. The number of esters is 1. The molecule has 0 atom stereocenters. The first kappa shape index (κ1) is 22.5. The number of anilines is 1. The Kier molecular flexibility index (Phi) is 6.95. The fourth-order valence-corrected chi connectivity index (χ4v) is 5.96. The molecule has 32 heavy (non-hydrogen) atoms. The number of aromatic nitrogens is 3. The van der Waals surface area contributed by atoms with Crippen molar-refractivity contribution in [1.29, 1.82) is 0 Å². The van der Waals surface area contributed by atoms with Gasteiger partial charge >= 0.3 is 5.97 Å². The van der Waals surface area contributed by atoms with Gasteiger partial charge in [0.2, 0.25) is 5.91 Å². The van der Waals surface area contributed by atoms with Crippen LogP contribution in [0.4, 0.5) is 5.00 Å². The second kappa shape index (κ2) is 9.87. The Morgan fingerprint density at radius 3 is 2.66 bits per heavy atom. The van der Waals surface area contributed by atoms with Crippen LogP contribution in [0.15, 0.2) is 29.4 Å². The van der Waals surface area contributed by atoms with Crippen LogP contribution in [0.5, 0.6) is 0 Å². The number of hydrogen-bond acceptors (Lipinski definition) is 7. The lowest BCUT2D eigenvalue weighted by Gasteiger charge is -2.11. The van der Waals surface area contributed by atoms with Crippen LogP contribution >= 0.6 is 23.1 Å². The number of nitrogens with one attached hydrogen (secondary N) is 1. The van der Waals surface area contributed by atoms with Gasteiger partial charge in [-0.15, -0.1) is 21.5 Å². The summed E-state index contributed by atoms with van der Waals surface area (Å²) >= 11 is 2.83. The van der Waals surface area contributed by atoms with E-state index in [4.69, 9.17) is 4.74 Å². The van der Waals surface area contributed by atoms with E-state index in [0.717, 1.165) is 42.6 Å². The van der Waals surface area contributed by atoms with E-state index in [0.29, 0.717) is 22.3 Å². The molecule has 7 nitrogen and oxygen atoms in total. The van der Waals surface area contributed by atoms with Crippen molar-refractivity contribution >= 4 is 40.0 Å². The number of methoxy groups -OCH3 is 1. The molecule has 0 bridgehead atoms. The number of carbonyl (C=O) groups is 2. The highest BCUT2D eigenvalue weighted by molar-refractivity contribution is 7.99. The minimum absolute atomic E-state index is 0.176. The van der Waals surface area contributed by atoms with Crippen LogP contribution in [0.2, 0.25) is 0 Å². The lowest BCUT2D eigenvalue weighted by Crippen LogP contribution is -2.17. The monoisotopic (exact) mass is 470 g/mol. The predicted molar refractivity (Wildman–Crippen MR) is 128 cm³/mol. The number of fused-ring (bicyclic) bond motifs is 1. The molecule has 4 rings (SSSR count). The summed E-state index contributed by atoms with van der Waals surface area (Å²) in [6.07, 6.45) is 3.94. The van der Waals surface area contributed by atoms with Gasteiger partial charge in [0, 0.05) is 17.0 Å². The number of aryl methyl sites for hydroxylation is 2. The highest BCUT2D eigenvalue weighted by atomic mass is 32.2. The summed E-state index contributed by atoms with van der Waals surface area (Å²) in [6, 6.07) is 8.15. The molecule has 0 aliphatic heterocycles. The van der Waals surface area contributed by atoms with E-state index in [2.05, 4.69) is 15.5 Å². The van der Waals surface area contributed by atoms with E-state index in [9.17, 15) is 9.59 Å². The molecule has 2 heterocycles. The third-order valence-electron chi connectivity index (χ3n) is 5.49. The van der Waals surface area contributed by atoms with E-state index in [1.807, 2.05) is 42.7 Å². The number of hydrogen-bond donors (Lipinski definition) is 1. The van der Waals surface area contributed by atoms with Crippen molar-refractivity contribution in [3.8, 4) is 11.4 Å². The summed E-state index contributed by atoms with van der Waals surface area (Å²) in [4.78, 5) is 26.3. The van der Waals surface area contributed by atoms with Crippen molar-refractivity contribution in [2.45, 2.75) is 51.2 Å². The fourth-order valence-electron chi connectivity index (χ4n) is 3.86. The van der Waals surface area contributed by atoms with Gasteiger partial charge in [-0.2, -0.15) is 0 Å². The first-order chi connectivity index (χ1) is 15.5. The minimum Gasteiger partial charge on any atom is -0.465 e. The maximum atomic E-state index is 12.7. The first-order valence-corrected chi connectivity index (χ1v) is 12.5. The number of thioether (sulfide) groups is 1. The molecule has 0 unspecified atom stereocenters. The molecule has 1 aliphatic rings. The quantitative estimate of drug-likeness (QED) is 0.397. The van der Waals surface area contributed by atoms with E-state index in [1.54, 1.807) is 0 Å². The average Bonchev–Trinajstić information content (AvgIpc) is 3.38. The lowest BCUT2D eigenvalue weighted by molar-refractivity contribution is -0.113. The molecule has 0 saturated carbocycles. The summed E-state index contributed by atoms with van der Waals surface area (Å²) in [7, 11) is 1.37. The third-order valence-corrected chi connectivity index (χ3v) is 7.66. The van der Waals surface area contributed by atoms with E-state index >= 15 is 0 Å². The van der Waals surface area contributed by atoms with Gasteiger partial charge in [-0.1, -0.05) is 41.6 Å². The van der Waals surface area contributed by atoms with Crippen LogP contribution in [0.25, 0.3) is 11.4 Å². The highest BCUT2D eigenvalue weighted by Gasteiger charge is 2.27. The normalized spacial score (nSPS) is 13.0. The summed E-state index contributed by atoms with van der Waals surface area (Å²) in [5.41, 5.74) is 3.73. The van der Waals surface area contributed by atoms with Gasteiger partial charge in [0.1, 0.15) is 5.00 Å². The van der Waals surface area contributed by atoms with Crippen molar-refractivity contribution in [1.82, 2.24) is 14.8 Å². The van der Waals surface area contributed by atoms with Gasteiger partial charge in [-0.25, -0.2) is 4.79 Å². The van der Waals surface area contributed by atoms with Gasteiger partial charge in [0.15, 0.2) is 11.0 Å². The Bertz CT molecular complexity index is 1140. The van der Waals surface area contributed by atoms with Crippen LogP contribution in [0, 0.1) is 6.92 Å². The Balaban J connectivity index is 1.48. The average molecular weight is 471 g/mol. The Hall–Kier alpha value is -2.65. The topological polar surface area (TPSA) is 86.1 Å². The Morgan fingerprint density at radius 1 is 1.19 bits per heavy atom. The van der Waals surface area contributed by atoms with Gasteiger partial charge < -0.3 is 14.6 Å². The van der Waals surface area contributed by atoms with Gasteiger partial charge in [0.25, 0.3) is 0 Å². The maximum Gasteiger partial charge on any atom is 0.341 e. The minimum atomic E-state index is -0.388. The molecule has 0 spiro atoms. The predicted octanol–water partition coefficient (Wildman–Crippen LogP) is 4.73. The van der Waals surface area contributed by atoms with E-state index < -0.39 is 0 Å². The zero-order chi connectivity index (χ0) is 22.7. The Morgan fingerprint density at radius 2 is 1.94 bits per heavy atom. The van der Waals surface area contributed by atoms with Crippen LogP contribution in [0.1, 0.15) is 46.1 Å². The molecular weight excluding hydrogens is 444 g/mol. The molecule has 0 radical (unpaired) electrons. The standard InChI is InChI=1S/C23H26N4O3S2/c1-4-27-20(15-11-9-14(2)10-12-15)25-26-23(27)31-13-18(28)24-21-19(22(29)30-3)16-7-5-6-8-17(16)32-21/h9-12H,4-8,13H2,1-3H3,(H,24,28). The van der Waals surface area contributed by atoms with Gasteiger partial charge in [0.05, 0.1) is 18.4 Å². The van der Waals surface area contributed by atoms with Crippen LogP contribution in [-0.4, -0.2) is 39.5 Å². The van der Waals surface area contributed by atoms with E-state index in [1.165, 1.54) is 40.6 Å². The summed E-state index contributed by atoms with van der Waals surface area (Å²) in [5, 5.41) is 12.9. The van der Waals surface area contributed by atoms with E-state index in [-0.39, 0.29) is 17.6 Å². The molecule has 1 N–H and O–H groups in total. The molecule has 9 heteroatoms. The number of carbonyl (C=O) groups excluding carboxylic acids is 2. The number of nitrogens with zero attached hydrogens (tertiary/aromatic N) is 3. The number of amides is 1. The largest absolute Gasteiger partial charge is 0.465 e. The molecule has 2 aromatic heterocycles. The smallest absolute Gasteiger partial charge is 0.341 e. The molecule has 0 saturated heterocycles. The molecule has 3 aromatic rings. The van der Waals surface area contributed by atoms with Crippen LogP contribution in [0.3, 0.4) is 0 Å². The summed E-state index contributed by atoms with van der Waals surface area (Å²) in [6.45, 7) is 4.78. The molecule has 1 aliphatic carbocycles. The fraction of sp³-hybridized carbons (Fsp3) is 0.391. The second-order valence-corrected chi connectivity index (χ2v) is 9.71. The van der Waals surface area contributed by atoms with Crippen molar-refractivity contribution in [2.75, 3.05) is 18.2 Å². The van der Waals surface area contributed by atoms with Crippen LogP contribution in [-0.2, 0) is 28.9 Å². The maximum absolute atomic E-state index is 12.7. The van der Waals surface area contributed by atoms with Crippen molar-refractivity contribution in [2.24, 2.45) is 0 Å². The van der Waals surface area contributed by atoms with Crippen LogP contribution < -0.4 is 5.32 Å². The molecule has 1 aromatic carbocycles. The van der Waals surface area contributed by atoms with Gasteiger partial charge in [-0.05, 0) is 45.1 Å². The Labute approximate surface area is 195 Å². The lowest BCUT2D eigenvalue weighted by atomic mass is 9.95.